The summed E-state index contributed by atoms with van der Waals surface area (Å²) in [5.74, 6) is 0. The number of benzene rings is 2. The number of aromatic nitrogens is 3. The third-order valence-corrected chi connectivity index (χ3v) is 5.09. The van der Waals surface area contributed by atoms with Crippen molar-refractivity contribution in [3.8, 4) is 10.6 Å². The Balaban J connectivity index is 1.56. The Morgan fingerprint density at radius 2 is 1.88 bits per heavy atom. The maximum atomic E-state index is 4.40. The van der Waals surface area contributed by atoms with E-state index in [1.807, 2.05) is 54.7 Å². The Bertz CT molecular complexity index is 985. The standard InChI is InChI=1S/C18H13BrN4S/c19-13-6-7-15-14(10-13)16(8-9-20-15)21-11-17-22-23-18(24-17)12-4-2-1-3-5-12/h1-10H,11H2,(H,20,21). The van der Waals surface area contributed by atoms with Crippen molar-refractivity contribution in [3.05, 3.63) is 70.3 Å². The van der Waals surface area contributed by atoms with E-state index in [0.717, 1.165) is 36.6 Å². The van der Waals surface area contributed by atoms with E-state index in [2.05, 4.69) is 42.5 Å². The molecule has 0 fully saturated rings. The number of halogens is 1. The average molecular weight is 397 g/mol. The molecule has 6 heteroatoms. The number of hydrogen-bond acceptors (Lipinski definition) is 5. The molecule has 4 nitrogen and oxygen atoms in total. The molecule has 2 aromatic carbocycles. The summed E-state index contributed by atoms with van der Waals surface area (Å²) in [7, 11) is 0. The number of hydrogen-bond donors (Lipinski definition) is 1. The van der Waals surface area contributed by atoms with Crippen LogP contribution in [0.2, 0.25) is 0 Å². The van der Waals surface area contributed by atoms with Gasteiger partial charge in [0.15, 0.2) is 0 Å². The molecule has 0 aliphatic heterocycles. The molecule has 0 unspecified atom stereocenters. The van der Waals surface area contributed by atoms with Gasteiger partial charge in [-0.1, -0.05) is 57.6 Å². The molecule has 0 radical (unpaired) electrons. The normalized spacial score (nSPS) is 10.9. The highest BCUT2D eigenvalue weighted by Gasteiger charge is 2.07. The second-order valence-electron chi connectivity index (χ2n) is 5.24. The van der Waals surface area contributed by atoms with Gasteiger partial charge in [-0.05, 0) is 24.3 Å². The van der Waals surface area contributed by atoms with Crippen molar-refractivity contribution in [1.82, 2.24) is 15.2 Å². The molecule has 2 heterocycles. The number of nitrogens with zero attached hydrogens (tertiary/aromatic N) is 3. The highest BCUT2D eigenvalue weighted by Crippen LogP contribution is 2.27. The van der Waals surface area contributed by atoms with E-state index in [-0.39, 0.29) is 0 Å². The Labute approximate surface area is 151 Å². The van der Waals surface area contributed by atoms with Gasteiger partial charge >= 0.3 is 0 Å². The third kappa shape index (κ3) is 3.16. The molecule has 0 atom stereocenters. The Morgan fingerprint density at radius 1 is 1.00 bits per heavy atom. The molecular formula is C18H13BrN4S. The van der Waals surface area contributed by atoms with Gasteiger partial charge in [0, 0.05) is 27.3 Å². The fourth-order valence-corrected chi connectivity index (χ4v) is 3.61. The van der Waals surface area contributed by atoms with Gasteiger partial charge in [-0.25, -0.2) is 0 Å². The van der Waals surface area contributed by atoms with Gasteiger partial charge in [-0.3, -0.25) is 4.98 Å². The largest absolute Gasteiger partial charge is 0.378 e. The molecule has 1 N–H and O–H groups in total. The summed E-state index contributed by atoms with van der Waals surface area (Å²) in [6, 6.07) is 18.2. The van der Waals surface area contributed by atoms with Crippen LogP contribution < -0.4 is 5.32 Å². The molecule has 4 rings (SSSR count). The van der Waals surface area contributed by atoms with Gasteiger partial charge < -0.3 is 5.32 Å². The van der Waals surface area contributed by atoms with Crippen LogP contribution in [0.15, 0.2) is 65.3 Å². The van der Waals surface area contributed by atoms with Gasteiger partial charge in [0.05, 0.1) is 12.1 Å². The van der Waals surface area contributed by atoms with Gasteiger partial charge in [0.25, 0.3) is 0 Å². The van der Waals surface area contributed by atoms with Crippen molar-refractivity contribution >= 4 is 43.9 Å². The topological polar surface area (TPSA) is 50.7 Å². The molecule has 0 spiro atoms. The highest BCUT2D eigenvalue weighted by molar-refractivity contribution is 9.10. The minimum atomic E-state index is 0.635. The second-order valence-corrected chi connectivity index (χ2v) is 7.22. The Hall–Kier alpha value is -2.31. The van der Waals surface area contributed by atoms with Gasteiger partial charge in [0.2, 0.25) is 0 Å². The Kier molecular flexibility index (Phi) is 4.23. The first-order valence-corrected chi connectivity index (χ1v) is 9.06. The fraction of sp³-hybridized carbons (Fsp3) is 0.0556. The van der Waals surface area contributed by atoms with Crippen LogP contribution in [0.1, 0.15) is 5.01 Å². The number of nitrogens with one attached hydrogen (secondary N) is 1. The first-order valence-electron chi connectivity index (χ1n) is 7.45. The van der Waals surface area contributed by atoms with Crippen molar-refractivity contribution in [1.29, 1.82) is 0 Å². The van der Waals surface area contributed by atoms with E-state index in [9.17, 15) is 0 Å². The van der Waals surface area contributed by atoms with Crippen molar-refractivity contribution in [2.75, 3.05) is 5.32 Å². The van der Waals surface area contributed by atoms with Crippen LogP contribution in [0.3, 0.4) is 0 Å². The Morgan fingerprint density at radius 3 is 2.75 bits per heavy atom. The predicted molar refractivity (Wildman–Crippen MR) is 102 cm³/mol. The van der Waals surface area contributed by atoms with E-state index < -0.39 is 0 Å². The van der Waals surface area contributed by atoms with Crippen LogP contribution in [-0.4, -0.2) is 15.2 Å². The lowest BCUT2D eigenvalue weighted by Crippen LogP contribution is -2.00. The molecule has 0 saturated heterocycles. The summed E-state index contributed by atoms with van der Waals surface area (Å²) < 4.78 is 1.04. The molecule has 0 saturated carbocycles. The predicted octanol–water partition coefficient (Wildman–Crippen LogP) is 5.13. The summed E-state index contributed by atoms with van der Waals surface area (Å²) in [6.07, 6.45) is 1.81. The van der Waals surface area contributed by atoms with Crippen molar-refractivity contribution in [2.24, 2.45) is 0 Å². The molecular weight excluding hydrogens is 384 g/mol. The van der Waals surface area contributed by atoms with Crippen LogP contribution >= 0.6 is 27.3 Å². The minimum absolute atomic E-state index is 0.635. The van der Waals surface area contributed by atoms with Gasteiger partial charge in [-0.15, -0.1) is 10.2 Å². The molecule has 118 valence electrons. The van der Waals surface area contributed by atoms with Gasteiger partial charge in [0.1, 0.15) is 10.0 Å². The van der Waals surface area contributed by atoms with E-state index >= 15 is 0 Å². The summed E-state index contributed by atoms with van der Waals surface area (Å²) >= 11 is 5.12. The lowest BCUT2D eigenvalue weighted by atomic mass is 10.2. The minimum Gasteiger partial charge on any atom is -0.378 e. The monoisotopic (exact) mass is 396 g/mol. The molecule has 0 bridgehead atoms. The lowest BCUT2D eigenvalue weighted by Gasteiger charge is -2.08. The number of fused-ring (bicyclic) bond motifs is 1. The maximum Gasteiger partial charge on any atom is 0.147 e. The van der Waals surface area contributed by atoms with Gasteiger partial charge in [-0.2, -0.15) is 0 Å². The van der Waals surface area contributed by atoms with Crippen molar-refractivity contribution in [2.45, 2.75) is 6.54 Å². The molecule has 0 aliphatic rings. The molecule has 2 aromatic heterocycles. The lowest BCUT2D eigenvalue weighted by molar-refractivity contribution is 0.993. The summed E-state index contributed by atoms with van der Waals surface area (Å²) in [6.45, 7) is 0.635. The second kappa shape index (κ2) is 6.67. The van der Waals surface area contributed by atoms with Crippen LogP contribution in [0.25, 0.3) is 21.5 Å². The summed E-state index contributed by atoms with van der Waals surface area (Å²) in [5.41, 5.74) is 3.10. The zero-order chi connectivity index (χ0) is 16.4. The quantitative estimate of drug-likeness (QED) is 0.519. The fourth-order valence-electron chi connectivity index (χ4n) is 2.47. The van der Waals surface area contributed by atoms with E-state index in [1.54, 1.807) is 11.3 Å². The number of pyridine rings is 1. The number of rotatable bonds is 4. The SMILES string of the molecule is Brc1ccc2nccc(NCc3nnc(-c4ccccc4)s3)c2c1. The smallest absolute Gasteiger partial charge is 0.147 e. The van der Waals surface area contributed by atoms with Crippen LogP contribution in [0, 0.1) is 0 Å². The zero-order valence-corrected chi connectivity index (χ0v) is 15.0. The molecule has 0 aliphatic carbocycles. The number of anilines is 1. The maximum absolute atomic E-state index is 4.40. The van der Waals surface area contributed by atoms with Crippen molar-refractivity contribution in [3.63, 3.8) is 0 Å². The zero-order valence-electron chi connectivity index (χ0n) is 12.6. The van der Waals surface area contributed by atoms with Crippen LogP contribution in [0.5, 0.6) is 0 Å². The molecule has 0 amide bonds. The summed E-state index contributed by atoms with van der Waals surface area (Å²) in [5, 5.41) is 15.0. The van der Waals surface area contributed by atoms with Crippen LogP contribution in [-0.2, 0) is 6.54 Å². The average Bonchev–Trinajstić information content (AvgIpc) is 3.10. The third-order valence-electron chi connectivity index (χ3n) is 3.62. The van der Waals surface area contributed by atoms with Crippen molar-refractivity contribution < 1.29 is 0 Å². The first-order chi connectivity index (χ1) is 11.8. The highest BCUT2D eigenvalue weighted by atomic mass is 79.9. The van der Waals surface area contributed by atoms with E-state index in [0.29, 0.717) is 6.54 Å². The summed E-state index contributed by atoms with van der Waals surface area (Å²) in [4.78, 5) is 4.40. The molecule has 24 heavy (non-hydrogen) atoms. The van der Waals surface area contributed by atoms with Crippen LogP contribution in [0.4, 0.5) is 5.69 Å². The van der Waals surface area contributed by atoms with E-state index in [1.165, 1.54) is 0 Å². The first kappa shape index (κ1) is 15.2. The van der Waals surface area contributed by atoms with E-state index in [4.69, 9.17) is 0 Å². The molecule has 4 aromatic rings.